The minimum atomic E-state index is -0.495. The number of amides is 1. The number of aromatic nitrogens is 1. The van der Waals surface area contributed by atoms with Crippen LogP contribution in [0.15, 0.2) is 46.0 Å². The van der Waals surface area contributed by atoms with Crippen LogP contribution in [-0.4, -0.2) is 58.6 Å². The van der Waals surface area contributed by atoms with Crippen molar-refractivity contribution in [2.75, 3.05) is 26.2 Å². The molecule has 1 fully saturated rings. The highest BCUT2D eigenvalue weighted by Gasteiger charge is 2.26. The molecule has 0 radical (unpaired) electrons. The van der Waals surface area contributed by atoms with Crippen molar-refractivity contribution in [3.63, 3.8) is 0 Å². The number of hydrogen-bond donors (Lipinski definition) is 1. The number of nitrogens with two attached hydrogens (primary N) is 1. The number of ether oxygens (including phenoxy) is 1. The van der Waals surface area contributed by atoms with E-state index in [1.54, 1.807) is 11.2 Å². The molecule has 9 heteroatoms. The van der Waals surface area contributed by atoms with E-state index in [4.69, 9.17) is 14.9 Å². The number of hydrogen-bond acceptors (Lipinski definition) is 5. The van der Waals surface area contributed by atoms with E-state index in [1.165, 1.54) is 0 Å². The van der Waals surface area contributed by atoms with Crippen LogP contribution in [0.2, 0.25) is 0 Å². The number of carbonyl (C=O) groups excluding carboxylic acids is 1. The number of halogens is 1. The molecule has 1 aromatic heterocycles. The van der Waals surface area contributed by atoms with Crippen LogP contribution >= 0.6 is 24.0 Å². The number of oxazole rings is 1. The largest absolute Gasteiger partial charge is 0.444 e. The van der Waals surface area contributed by atoms with Crippen LogP contribution < -0.4 is 5.73 Å². The zero-order valence-corrected chi connectivity index (χ0v) is 19.3. The lowest BCUT2D eigenvalue weighted by molar-refractivity contribution is 0.0186. The van der Waals surface area contributed by atoms with Gasteiger partial charge in [-0.1, -0.05) is 18.2 Å². The third-order valence-corrected chi connectivity index (χ3v) is 4.23. The van der Waals surface area contributed by atoms with E-state index < -0.39 is 5.60 Å². The molecule has 0 bridgehead atoms. The molecule has 1 saturated heterocycles. The van der Waals surface area contributed by atoms with Gasteiger partial charge in [-0.15, -0.1) is 24.0 Å². The quantitative estimate of drug-likeness (QED) is 0.384. The van der Waals surface area contributed by atoms with Gasteiger partial charge in [0.15, 0.2) is 5.96 Å². The van der Waals surface area contributed by atoms with E-state index in [9.17, 15) is 4.79 Å². The van der Waals surface area contributed by atoms with Crippen molar-refractivity contribution in [1.29, 1.82) is 0 Å². The highest BCUT2D eigenvalue weighted by Crippen LogP contribution is 2.18. The van der Waals surface area contributed by atoms with E-state index in [-0.39, 0.29) is 30.1 Å². The summed E-state index contributed by atoms with van der Waals surface area (Å²) in [4.78, 5) is 24.6. The topological polar surface area (TPSA) is 97.2 Å². The molecule has 1 aromatic carbocycles. The minimum absolute atomic E-state index is 0. The lowest BCUT2D eigenvalue weighted by Crippen LogP contribution is -2.53. The number of carbonyl (C=O) groups is 1. The van der Waals surface area contributed by atoms with Gasteiger partial charge in [0.05, 0.1) is 6.54 Å². The summed E-state index contributed by atoms with van der Waals surface area (Å²) >= 11 is 0. The molecule has 0 saturated carbocycles. The zero-order chi connectivity index (χ0) is 20.1. The Bertz CT molecular complexity index is 824. The van der Waals surface area contributed by atoms with Gasteiger partial charge < -0.3 is 24.7 Å². The van der Waals surface area contributed by atoms with Crippen LogP contribution in [0.25, 0.3) is 11.5 Å². The fourth-order valence-electron chi connectivity index (χ4n) is 2.80. The first-order chi connectivity index (χ1) is 13.3. The van der Waals surface area contributed by atoms with E-state index in [0.29, 0.717) is 50.3 Å². The molecule has 2 aromatic rings. The summed E-state index contributed by atoms with van der Waals surface area (Å²) < 4.78 is 10.9. The third kappa shape index (κ3) is 6.62. The van der Waals surface area contributed by atoms with Gasteiger partial charge in [0.1, 0.15) is 17.6 Å². The van der Waals surface area contributed by atoms with Crippen molar-refractivity contribution < 1.29 is 13.9 Å². The Morgan fingerprint density at radius 1 is 1.17 bits per heavy atom. The smallest absolute Gasteiger partial charge is 0.410 e. The summed E-state index contributed by atoms with van der Waals surface area (Å²) in [7, 11) is 0. The number of benzene rings is 1. The maximum atomic E-state index is 12.1. The number of aliphatic imine (C=N–C) groups is 1. The summed E-state index contributed by atoms with van der Waals surface area (Å²) in [6.45, 7) is 8.25. The monoisotopic (exact) mass is 513 g/mol. The maximum absolute atomic E-state index is 12.1. The van der Waals surface area contributed by atoms with Gasteiger partial charge >= 0.3 is 6.09 Å². The van der Waals surface area contributed by atoms with E-state index in [1.807, 2.05) is 56.0 Å². The zero-order valence-electron chi connectivity index (χ0n) is 17.0. The van der Waals surface area contributed by atoms with Gasteiger partial charge in [-0.05, 0) is 32.9 Å². The Morgan fingerprint density at radius 2 is 1.79 bits per heavy atom. The van der Waals surface area contributed by atoms with E-state index in [2.05, 4.69) is 9.98 Å². The van der Waals surface area contributed by atoms with Gasteiger partial charge in [-0.25, -0.2) is 14.8 Å². The van der Waals surface area contributed by atoms with E-state index >= 15 is 0 Å². The first-order valence-corrected chi connectivity index (χ1v) is 9.34. The summed E-state index contributed by atoms with van der Waals surface area (Å²) in [5, 5.41) is 0. The van der Waals surface area contributed by atoms with Crippen LogP contribution in [0.1, 0.15) is 26.5 Å². The summed E-state index contributed by atoms with van der Waals surface area (Å²) in [5.41, 5.74) is 7.26. The molecular formula is C20H28IN5O3. The lowest BCUT2D eigenvalue weighted by Gasteiger charge is -2.36. The molecule has 3 rings (SSSR count). The second-order valence-electron chi connectivity index (χ2n) is 7.64. The Hall–Kier alpha value is -2.30. The van der Waals surface area contributed by atoms with Crippen molar-refractivity contribution in [1.82, 2.24) is 14.8 Å². The minimum Gasteiger partial charge on any atom is -0.444 e. The molecule has 1 amide bonds. The SMILES string of the molecule is CC(C)(C)OC(=O)N1CCN(C(N)=NCc2coc(-c3ccccc3)n2)CC1.I. The molecule has 8 nitrogen and oxygen atoms in total. The van der Waals surface area contributed by atoms with Crippen molar-refractivity contribution in [3.8, 4) is 11.5 Å². The normalized spacial score (nSPS) is 15.1. The van der Waals surface area contributed by atoms with Crippen molar-refractivity contribution in [3.05, 3.63) is 42.3 Å². The first kappa shape index (κ1) is 23.0. The molecular weight excluding hydrogens is 485 g/mol. The van der Waals surface area contributed by atoms with Gasteiger partial charge in [0, 0.05) is 31.7 Å². The van der Waals surface area contributed by atoms with Gasteiger partial charge in [0.2, 0.25) is 5.89 Å². The molecule has 1 aliphatic rings. The van der Waals surface area contributed by atoms with Gasteiger partial charge in [0.25, 0.3) is 0 Å². The second-order valence-corrected chi connectivity index (χ2v) is 7.64. The highest BCUT2D eigenvalue weighted by atomic mass is 127. The number of rotatable bonds is 3. The van der Waals surface area contributed by atoms with Crippen LogP contribution in [0, 0.1) is 0 Å². The maximum Gasteiger partial charge on any atom is 0.410 e. The Morgan fingerprint density at radius 3 is 2.41 bits per heavy atom. The van der Waals surface area contributed by atoms with Crippen molar-refractivity contribution in [2.24, 2.45) is 10.7 Å². The molecule has 1 aliphatic heterocycles. The summed E-state index contributed by atoms with van der Waals surface area (Å²) in [6, 6.07) is 9.70. The Kier molecular flexibility index (Phi) is 7.88. The van der Waals surface area contributed by atoms with Crippen molar-refractivity contribution >= 4 is 36.0 Å². The number of guanidine groups is 1. The molecule has 0 aliphatic carbocycles. The lowest BCUT2D eigenvalue weighted by atomic mass is 10.2. The van der Waals surface area contributed by atoms with Gasteiger partial charge in [-0.2, -0.15) is 0 Å². The average molecular weight is 513 g/mol. The molecule has 158 valence electrons. The predicted molar refractivity (Wildman–Crippen MR) is 122 cm³/mol. The number of nitrogens with zero attached hydrogens (tertiary/aromatic N) is 4. The Balaban J connectivity index is 0.00000300. The molecule has 0 unspecified atom stereocenters. The highest BCUT2D eigenvalue weighted by molar-refractivity contribution is 14.0. The van der Waals surface area contributed by atoms with Crippen molar-refractivity contribution in [2.45, 2.75) is 32.9 Å². The van der Waals surface area contributed by atoms with E-state index in [0.717, 1.165) is 5.56 Å². The Labute approximate surface area is 188 Å². The van der Waals surface area contributed by atoms with Gasteiger partial charge in [-0.3, -0.25) is 0 Å². The van der Waals surface area contributed by atoms with Crippen LogP contribution in [0.4, 0.5) is 4.79 Å². The van der Waals surface area contributed by atoms with Crippen LogP contribution in [-0.2, 0) is 11.3 Å². The molecule has 0 atom stereocenters. The molecule has 0 spiro atoms. The fourth-order valence-corrected chi connectivity index (χ4v) is 2.80. The molecule has 29 heavy (non-hydrogen) atoms. The predicted octanol–water partition coefficient (Wildman–Crippen LogP) is 3.33. The van der Waals surface area contributed by atoms with Crippen LogP contribution in [0.5, 0.6) is 0 Å². The first-order valence-electron chi connectivity index (χ1n) is 9.34. The standard InChI is InChI=1S/C20H27N5O3.HI/c1-20(2,3)28-19(26)25-11-9-24(10-12-25)18(21)22-13-16-14-27-17(23-16)15-7-5-4-6-8-15;/h4-8,14H,9-13H2,1-3H3,(H2,21,22);1H. The number of piperazine rings is 1. The second kappa shape index (κ2) is 9.95. The summed E-state index contributed by atoms with van der Waals surface area (Å²) in [5.74, 6) is 1.00. The van der Waals surface area contributed by atoms with Crippen LogP contribution in [0.3, 0.4) is 0 Å². The average Bonchev–Trinajstić information content (AvgIpc) is 3.15. The molecule has 2 N–H and O–H groups in total. The fraction of sp³-hybridized carbons (Fsp3) is 0.450. The third-order valence-electron chi connectivity index (χ3n) is 4.23. The summed E-state index contributed by atoms with van der Waals surface area (Å²) in [6.07, 6.45) is 1.30. The molecule has 2 heterocycles.